The Balaban J connectivity index is 1.83. The van der Waals surface area contributed by atoms with Crippen molar-refractivity contribution in [2.24, 2.45) is 0 Å². The summed E-state index contributed by atoms with van der Waals surface area (Å²) in [5.74, 6) is 0.813. The van der Waals surface area contributed by atoms with Gasteiger partial charge in [-0.2, -0.15) is 0 Å². The predicted octanol–water partition coefficient (Wildman–Crippen LogP) is 4.05. The normalized spacial score (nSPS) is 16.3. The Kier molecular flexibility index (Phi) is 5.07. The average Bonchev–Trinajstić information content (AvgIpc) is 2.72. The smallest absolute Gasteiger partial charge is 0.224 e. The van der Waals surface area contributed by atoms with Gasteiger partial charge in [0.05, 0.1) is 22.3 Å². The van der Waals surface area contributed by atoms with Gasteiger partial charge in [0.15, 0.2) is 9.84 Å². The van der Waals surface area contributed by atoms with Crippen LogP contribution in [0.3, 0.4) is 0 Å². The Morgan fingerprint density at radius 3 is 2.30 bits per heavy atom. The standard InChI is InChI=1S/C23H23N3O3S/c1-16-15-25(23-6-4-5-13-24-23)22-14-19(9-12-21(22)26(16)17(2)27)18-7-10-20(11-8-18)30(3,28)29/h4-14,16H,15H2,1-3H3. The number of benzene rings is 2. The van der Waals surface area contributed by atoms with E-state index in [0.717, 1.165) is 28.3 Å². The van der Waals surface area contributed by atoms with Crippen molar-refractivity contribution in [3.8, 4) is 11.1 Å². The number of aromatic nitrogens is 1. The van der Waals surface area contributed by atoms with Crippen molar-refractivity contribution >= 4 is 32.9 Å². The Morgan fingerprint density at radius 2 is 1.70 bits per heavy atom. The predicted molar refractivity (Wildman–Crippen MR) is 119 cm³/mol. The summed E-state index contributed by atoms with van der Waals surface area (Å²) < 4.78 is 23.5. The van der Waals surface area contributed by atoms with E-state index in [4.69, 9.17) is 0 Å². The van der Waals surface area contributed by atoms with E-state index in [1.54, 1.807) is 37.4 Å². The third-order valence-electron chi connectivity index (χ3n) is 5.29. The number of rotatable bonds is 3. The highest BCUT2D eigenvalue weighted by atomic mass is 32.2. The molecule has 7 heteroatoms. The van der Waals surface area contributed by atoms with Gasteiger partial charge in [0.2, 0.25) is 5.91 Å². The highest BCUT2D eigenvalue weighted by Gasteiger charge is 2.32. The second kappa shape index (κ2) is 7.57. The lowest BCUT2D eigenvalue weighted by Crippen LogP contribution is -2.48. The van der Waals surface area contributed by atoms with Crippen molar-refractivity contribution in [3.05, 3.63) is 66.9 Å². The molecule has 0 bridgehead atoms. The van der Waals surface area contributed by atoms with Gasteiger partial charge in [-0.05, 0) is 54.4 Å². The molecule has 4 rings (SSSR count). The van der Waals surface area contributed by atoms with Crippen molar-refractivity contribution in [3.63, 3.8) is 0 Å². The number of pyridine rings is 1. The first-order valence-electron chi connectivity index (χ1n) is 9.68. The molecule has 3 aromatic rings. The minimum Gasteiger partial charge on any atom is -0.322 e. The Morgan fingerprint density at radius 1 is 1.00 bits per heavy atom. The SMILES string of the molecule is CC(=O)N1c2ccc(-c3ccc(S(C)(=O)=O)cc3)cc2N(c2ccccn2)CC1C. The molecule has 0 fully saturated rings. The molecular weight excluding hydrogens is 398 g/mol. The lowest BCUT2D eigenvalue weighted by atomic mass is 10.0. The minimum atomic E-state index is -3.24. The van der Waals surface area contributed by atoms with Gasteiger partial charge in [-0.1, -0.05) is 24.3 Å². The fraction of sp³-hybridized carbons (Fsp3) is 0.217. The third-order valence-corrected chi connectivity index (χ3v) is 6.42. The van der Waals surface area contributed by atoms with Crippen LogP contribution in [-0.2, 0) is 14.6 Å². The van der Waals surface area contributed by atoms with Gasteiger partial charge in [-0.3, -0.25) is 4.79 Å². The van der Waals surface area contributed by atoms with Crippen LogP contribution in [0.2, 0.25) is 0 Å². The third kappa shape index (κ3) is 3.68. The largest absolute Gasteiger partial charge is 0.322 e. The molecule has 1 atom stereocenters. The van der Waals surface area contributed by atoms with Crippen molar-refractivity contribution in [2.45, 2.75) is 24.8 Å². The lowest BCUT2D eigenvalue weighted by molar-refractivity contribution is -0.117. The fourth-order valence-electron chi connectivity index (χ4n) is 3.91. The second-order valence-electron chi connectivity index (χ2n) is 7.54. The highest BCUT2D eigenvalue weighted by molar-refractivity contribution is 7.90. The summed E-state index contributed by atoms with van der Waals surface area (Å²) in [5, 5.41) is 0. The number of carbonyl (C=O) groups excluding carboxylic acids is 1. The number of hydrogen-bond acceptors (Lipinski definition) is 5. The van der Waals surface area contributed by atoms with Crippen molar-refractivity contribution in [1.82, 2.24) is 4.98 Å². The van der Waals surface area contributed by atoms with E-state index in [0.29, 0.717) is 6.54 Å². The molecule has 1 amide bonds. The maximum Gasteiger partial charge on any atom is 0.224 e. The molecule has 1 aliphatic rings. The van der Waals surface area contributed by atoms with Crippen LogP contribution >= 0.6 is 0 Å². The van der Waals surface area contributed by atoms with E-state index in [1.807, 2.05) is 48.2 Å². The van der Waals surface area contributed by atoms with Crippen LogP contribution in [0.1, 0.15) is 13.8 Å². The maximum absolute atomic E-state index is 12.3. The van der Waals surface area contributed by atoms with Crippen LogP contribution in [0.5, 0.6) is 0 Å². The van der Waals surface area contributed by atoms with Gasteiger partial charge < -0.3 is 9.80 Å². The van der Waals surface area contributed by atoms with E-state index in [1.165, 1.54) is 6.26 Å². The summed E-state index contributed by atoms with van der Waals surface area (Å²) >= 11 is 0. The number of nitrogens with zero attached hydrogens (tertiary/aromatic N) is 3. The topological polar surface area (TPSA) is 70.6 Å². The van der Waals surface area contributed by atoms with Gasteiger partial charge in [-0.25, -0.2) is 13.4 Å². The van der Waals surface area contributed by atoms with Crippen molar-refractivity contribution < 1.29 is 13.2 Å². The summed E-state index contributed by atoms with van der Waals surface area (Å²) in [6.07, 6.45) is 2.95. The summed E-state index contributed by atoms with van der Waals surface area (Å²) in [4.78, 5) is 21.1. The zero-order valence-corrected chi connectivity index (χ0v) is 17.9. The molecule has 0 N–H and O–H groups in total. The number of carbonyl (C=O) groups is 1. The number of fused-ring (bicyclic) bond motifs is 1. The van der Waals surface area contributed by atoms with Crippen LogP contribution in [0.15, 0.2) is 71.8 Å². The number of sulfone groups is 1. The van der Waals surface area contributed by atoms with Gasteiger partial charge in [0.25, 0.3) is 0 Å². The Labute approximate surface area is 176 Å². The first-order chi connectivity index (χ1) is 14.3. The van der Waals surface area contributed by atoms with Crippen LogP contribution in [-0.4, -0.2) is 38.2 Å². The molecule has 0 saturated heterocycles. The quantitative estimate of drug-likeness (QED) is 0.638. The summed E-state index contributed by atoms with van der Waals surface area (Å²) in [5.41, 5.74) is 3.57. The number of amides is 1. The number of hydrogen-bond donors (Lipinski definition) is 0. The molecule has 0 radical (unpaired) electrons. The molecule has 1 aliphatic heterocycles. The molecular formula is C23H23N3O3S. The zero-order valence-electron chi connectivity index (χ0n) is 17.1. The van der Waals surface area contributed by atoms with Crippen LogP contribution in [0, 0.1) is 0 Å². The summed E-state index contributed by atoms with van der Waals surface area (Å²) in [6.45, 7) is 4.23. The Bertz CT molecular complexity index is 1190. The summed E-state index contributed by atoms with van der Waals surface area (Å²) in [7, 11) is -3.24. The second-order valence-corrected chi connectivity index (χ2v) is 9.55. The van der Waals surface area contributed by atoms with E-state index < -0.39 is 9.84 Å². The minimum absolute atomic E-state index is 0.00287. The molecule has 1 unspecified atom stereocenters. The molecule has 0 spiro atoms. The van der Waals surface area contributed by atoms with Gasteiger partial charge in [0, 0.05) is 25.9 Å². The highest BCUT2D eigenvalue weighted by Crippen LogP contribution is 2.41. The fourth-order valence-corrected chi connectivity index (χ4v) is 4.54. The van der Waals surface area contributed by atoms with E-state index in [-0.39, 0.29) is 16.8 Å². The van der Waals surface area contributed by atoms with Crippen LogP contribution in [0.4, 0.5) is 17.2 Å². The van der Waals surface area contributed by atoms with Crippen LogP contribution in [0.25, 0.3) is 11.1 Å². The lowest BCUT2D eigenvalue weighted by Gasteiger charge is -2.41. The van der Waals surface area contributed by atoms with Gasteiger partial charge in [0.1, 0.15) is 5.82 Å². The average molecular weight is 422 g/mol. The molecule has 154 valence electrons. The molecule has 2 heterocycles. The first-order valence-corrected chi connectivity index (χ1v) is 11.6. The first kappa shape index (κ1) is 20.1. The molecule has 0 aliphatic carbocycles. The molecule has 1 aromatic heterocycles. The molecule has 30 heavy (non-hydrogen) atoms. The molecule has 6 nitrogen and oxygen atoms in total. The van der Waals surface area contributed by atoms with Gasteiger partial charge in [-0.15, -0.1) is 0 Å². The van der Waals surface area contributed by atoms with Crippen molar-refractivity contribution in [1.29, 1.82) is 0 Å². The summed E-state index contributed by atoms with van der Waals surface area (Å²) in [6, 6.07) is 18.5. The van der Waals surface area contributed by atoms with Gasteiger partial charge >= 0.3 is 0 Å². The Hall–Kier alpha value is -3.19. The molecule has 2 aromatic carbocycles. The number of anilines is 3. The zero-order chi connectivity index (χ0) is 21.5. The van der Waals surface area contributed by atoms with Crippen molar-refractivity contribution in [2.75, 3.05) is 22.6 Å². The van der Waals surface area contributed by atoms with E-state index >= 15 is 0 Å². The van der Waals surface area contributed by atoms with Crippen LogP contribution < -0.4 is 9.80 Å². The maximum atomic E-state index is 12.3. The molecule has 0 saturated carbocycles. The monoisotopic (exact) mass is 421 g/mol. The van der Waals surface area contributed by atoms with E-state index in [2.05, 4.69) is 9.88 Å². The van der Waals surface area contributed by atoms with E-state index in [9.17, 15) is 13.2 Å².